The molecule has 3 nitrogen and oxygen atoms in total. The molecule has 0 fully saturated rings. The third-order valence-electron chi connectivity index (χ3n) is 3.01. The molecular formula is C13H16O3. The Balaban J connectivity index is 2.46. The Bertz CT molecular complexity index is 410. The third-order valence-corrected chi connectivity index (χ3v) is 3.01. The lowest BCUT2D eigenvalue weighted by atomic mass is 9.87. The number of para-hydroxylation sites is 1. The van der Waals surface area contributed by atoms with E-state index in [4.69, 9.17) is 4.74 Å². The van der Waals surface area contributed by atoms with Crippen LogP contribution in [0.25, 0.3) is 0 Å². The fraction of sp³-hybridized carbons (Fsp3) is 0.462. The Kier molecular flexibility index (Phi) is 2.86. The van der Waals surface area contributed by atoms with Crippen LogP contribution in [-0.2, 0) is 11.2 Å². The molecule has 0 spiro atoms. The molecule has 0 saturated heterocycles. The van der Waals surface area contributed by atoms with E-state index in [0.29, 0.717) is 6.61 Å². The normalized spacial score (nSPS) is 15.7. The molecule has 3 heteroatoms. The molecule has 1 aromatic rings. The van der Waals surface area contributed by atoms with E-state index >= 15 is 0 Å². The highest BCUT2D eigenvalue weighted by molar-refractivity contribution is 5.78. The van der Waals surface area contributed by atoms with Gasteiger partial charge in [0.05, 0.1) is 12.5 Å². The van der Waals surface area contributed by atoms with Crippen LogP contribution in [0.4, 0.5) is 0 Å². The van der Waals surface area contributed by atoms with Gasteiger partial charge in [-0.1, -0.05) is 32.0 Å². The molecule has 0 amide bonds. The molecule has 2 rings (SSSR count). The minimum atomic E-state index is -0.779. The molecule has 1 aromatic carbocycles. The number of aliphatic carboxylic acids is 1. The number of rotatable bonds is 3. The summed E-state index contributed by atoms with van der Waals surface area (Å²) >= 11 is 0. The lowest BCUT2D eigenvalue weighted by Gasteiger charge is -2.19. The second-order valence-electron chi connectivity index (χ2n) is 4.49. The summed E-state index contributed by atoms with van der Waals surface area (Å²) in [4.78, 5) is 11.3. The van der Waals surface area contributed by atoms with Crippen molar-refractivity contribution in [3.63, 3.8) is 0 Å². The largest absolute Gasteiger partial charge is 0.493 e. The number of hydrogen-bond donors (Lipinski definition) is 1. The number of carbonyl (C=O) groups is 1. The van der Waals surface area contributed by atoms with E-state index in [1.165, 1.54) is 0 Å². The zero-order chi connectivity index (χ0) is 11.7. The van der Waals surface area contributed by atoms with Crippen LogP contribution in [0.2, 0.25) is 0 Å². The van der Waals surface area contributed by atoms with Gasteiger partial charge < -0.3 is 9.84 Å². The Labute approximate surface area is 95.0 Å². The van der Waals surface area contributed by atoms with Gasteiger partial charge in [0.15, 0.2) is 0 Å². The maximum absolute atomic E-state index is 11.3. The summed E-state index contributed by atoms with van der Waals surface area (Å²) < 4.78 is 5.55. The maximum Gasteiger partial charge on any atom is 0.311 e. The minimum absolute atomic E-state index is 0.0631. The van der Waals surface area contributed by atoms with Crippen molar-refractivity contribution >= 4 is 5.97 Å². The topological polar surface area (TPSA) is 46.5 Å². The zero-order valence-electron chi connectivity index (χ0n) is 9.56. The first-order valence-electron chi connectivity index (χ1n) is 5.58. The fourth-order valence-corrected chi connectivity index (χ4v) is 2.26. The SMILES string of the molecule is CC(C)C(C(=O)O)c1cccc2c1OCC2. The molecule has 1 aliphatic rings. The van der Waals surface area contributed by atoms with Gasteiger partial charge in [-0.05, 0) is 11.5 Å². The highest BCUT2D eigenvalue weighted by Gasteiger charge is 2.29. The molecule has 1 N–H and O–H groups in total. The summed E-state index contributed by atoms with van der Waals surface area (Å²) in [7, 11) is 0. The van der Waals surface area contributed by atoms with E-state index in [2.05, 4.69) is 0 Å². The Morgan fingerprint density at radius 2 is 2.19 bits per heavy atom. The van der Waals surface area contributed by atoms with E-state index in [0.717, 1.165) is 23.3 Å². The van der Waals surface area contributed by atoms with Gasteiger partial charge >= 0.3 is 5.97 Å². The van der Waals surface area contributed by atoms with Gasteiger partial charge in [-0.2, -0.15) is 0 Å². The quantitative estimate of drug-likeness (QED) is 0.851. The molecule has 0 bridgehead atoms. The summed E-state index contributed by atoms with van der Waals surface area (Å²) in [6.45, 7) is 4.51. The van der Waals surface area contributed by atoms with Crippen LogP contribution in [0.1, 0.15) is 30.9 Å². The van der Waals surface area contributed by atoms with Crippen molar-refractivity contribution in [2.24, 2.45) is 5.92 Å². The lowest BCUT2D eigenvalue weighted by Crippen LogP contribution is -2.18. The van der Waals surface area contributed by atoms with Crippen molar-refractivity contribution in [2.75, 3.05) is 6.61 Å². The van der Waals surface area contributed by atoms with Gasteiger partial charge in [0.1, 0.15) is 5.75 Å². The highest BCUT2D eigenvalue weighted by atomic mass is 16.5. The Morgan fingerprint density at radius 1 is 1.44 bits per heavy atom. The van der Waals surface area contributed by atoms with Crippen LogP contribution >= 0.6 is 0 Å². The molecular weight excluding hydrogens is 204 g/mol. The average molecular weight is 220 g/mol. The third kappa shape index (κ3) is 1.77. The first-order valence-corrected chi connectivity index (χ1v) is 5.58. The molecule has 1 aliphatic heterocycles. The number of carboxylic acid groups (broad SMARTS) is 1. The second-order valence-corrected chi connectivity index (χ2v) is 4.49. The van der Waals surface area contributed by atoms with Crippen LogP contribution in [0.15, 0.2) is 18.2 Å². The molecule has 86 valence electrons. The van der Waals surface area contributed by atoms with Crippen LogP contribution in [0.3, 0.4) is 0 Å². The summed E-state index contributed by atoms with van der Waals surface area (Å²) in [6.07, 6.45) is 0.883. The van der Waals surface area contributed by atoms with Crippen molar-refractivity contribution in [3.8, 4) is 5.75 Å². The minimum Gasteiger partial charge on any atom is -0.493 e. The Hall–Kier alpha value is -1.51. The highest BCUT2D eigenvalue weighted by Crippen LogP contribution is 2.37. The second kappa shape index (κ2) is 4.16. The zero-order valence-corrected chi connectivity index (χ0v) is 9.56. The van der Waals surface area contributed by atoms with E-state index < -0.39 is 11.9 Å². The molecule has 1 atom stereocenters. The van der Waals surface area contributed by atoms with Crippen molar-refractivity contribution in [3.05, 3.63) is 29.3 Å². The average Bonchev–Trinajstić information content (AvgIpc) is 2.65. The smallest absolute Gasteiger partial charge is 0.311 e. The molecule has 1 unspecified atom stereocenters. The number of carboxylic acids is 1. The van der Waals surface area contributed by atoms with Crippen LogP contribution in [-0.4, -0.2) is 17.7 Å². The van der Waals surface area contributed by atoms with Crippen LogP contribution in [0, 0.1) is 5.92 Å². The standard InChI is InChI=1S/C13H16O3/c1-8(2)11(13(14)15)10-5-3-4-9-6-7-16-12(9)10/h3-5,8,11H,6-7H2,1-2H3,(H,14,15). The maximum atomic E-state index is 11.3. The van der Waals surface area contributed by atoms with Crippen molar-refractivity contribution in [1.29, 1.82) is 0 Å². The van der Waals surface area contributed by atoms with Gasteiger partial charge in [-0.25, -0.2) is 0 Å². The molecule has 16 heavy (non-hydrogen) atoms. The Morgan fingerprint density at radius 3 is 2.81 bits per heavy atom. The predicted octanol–water partition coefficient (Wildman–Crippen LogP) is 2.45. The summed E-state index contributed by atoms with van der Waals surface area (Å²) in [5.41, 5.74) is 1.95. The molecule has 0 aromatic heterocycles. The van der Waals surface area contributed by atoms with E-state index in [1.54, 1.807) is 0 Å². The lowest BCUT2D eigenvalue weighted by molar-refractivity contribution is -0.139. The number of fused-ring (bicyclic) bond motifs is 1. The van der Waals surface area contributed by atoms with Crippen LogP contribution < -0.4 is 4.74 Å². The number of hydrogen-bond acceptors (Lipinski definition) is 2. The number of benzene rings is 1. The first kappa shape index (κ1) is 11.0. The van der Waals surface area contributed by atoms with Gasteiger partial charge in [0, 0.05) is 12.0 Å². The van der Waals surface area contributed by atoms with E-state index in [-0.39, 0.29) is 5.92 Å². The summed E-state index contributed by atoms with van der Waals surface area (Å²) in [5, 5.41) is 9.27. The van der Waals surface area contributed by atoms with Crippen molar-refractivity contribution in [1.82, 2.24) is 0 Å². The monoisotopic (exact) mass is 220 g/mol. The molecule has 0 radical (unpaired) electrons. The summed E-state index contributed by atoms with van der Waals surface area (Å²) in [6, 6.07) is 5.79. The van der Waals surface area contributed by atoms with Gasteiger partial charge in [-0.3, -0.25) is 4.79 Å². The van der Waals surface area contributed by atoms with Gasteiger partial charge in [-0.15, -0.1) is 0 Å². The van der Waals surface area contributed by atoms with E-state index in [1.807, 2.05) is 32.0 Å². The first-order chi connectivity index (χ1) is 7.61. The molecule has 0 aliphatic carbocycles. The van der Waals surface area contributed by atoms with Gasteiger partial charge in [0.2, 0.25) is 0 Å². The summed E-state index contributed by atoms with van der Waals surface area (Å²) in [5.74, 6) is -0.399. The van der Waals surface area contributed by atoms with E-state index in [9.17, 15) is 9.90 Å². The number of ether oxygens (including phenoxy) is 1. The molecule has 0 saturated carbocycles. The van der Waals surface area contributed by atoms with Crippen molar-refractivity contribution in [2.45, 2.75) is 26.2 Å². The van der Waals surface area contributed by atoms with Gasteiger partial charge in [0.25, 0.3) is 0 Å². The van der Waals surface area contributed by atoms with Crippen LogP contribution in [0.5, 0.6) is 5.75 Å². The predicted molar refractivity (Wildman–Crippen MR) is 60.9 cm³/mol. The molecule has 1 heterocycles. The fourth-order valence-electron chi connectivity index (χ4n) is 2.26. The van der Waals surface area contributed by atoms with Crippen molar-refractivity contribution < 1.29 is 14.6 Å².